The van der Waals surface area contributed by atoms with Crippen molar-refractivity contribution in [3.8, 4) is 0 Å². The summed E-state index contributed by atoms with van der Waals surface area (Å²) >= 11 is 0. The minimum absolute atomic E-state index is 0.101. The fourth-order valence-corrected chi connectivity index (χ4v) is 3.00. The second kappa shape index (κ2) is 8.46. The number of rotatable bonds is 5. The van der Waals surface area contributed by atoms with Gasteiger partial charge < -0.3 is 15.5 Å². The van der Waals surface area contributed by atoms with E-state index in [-0.39, 0.29) is 6.03 Å². The number of urea groups is 1. The quantitative estimate of drug-likeness (QED) is 0.878. The largest absolute Gasteiger partial charge is 0.355 e. The van der Waals surface area contributed by atoms with E-state index in [1.165, 1.54) is 0 Å². The molecule has 2 aromatic rings. The zero-order valence-corrected chi connectivity index (χ0v) is 14.6. The van der Waals surface area contributed by atoms with Crippen molar-refractivity contribution in [1.82, 2.24) is 20.8 Å². The van der Waals surface area contributed by atoms with Gasteiger partial charge in [0.1, 0.15) is 0 Å². The van der Waals surface area contributed by atoms with Crippen LogP contribution in [0.4, 0.5) is 10.6 Å². The Morgan fingerprint density at radius 1 is 1.08 bits per heavy atom. The number of amides is 2. The topological polar surface area (TPSA) is 70.2 Å². The molecule has 0 bridgehead atoms. The molecule has 6 heteroatoms. The van der Waals surface area contributed by atoms with E-state index in [9.17, 15) is 4.79 Å². The summed E-state index contributed by atoms with van der Waals surface area (Å²) < 4.78 is 0. The fraction of sp³-hybridized carbons (Fsp3) is 0.421. The van der Waals surface area contributed by atoms with Crippen LogP contribution in [0.2, 0.25) is 0 Å². The van der Waals surface area contributed by atoms with Crippen LogP contribution in [0.1, 0.15) is 24.1 Å². The number of carbonyl (C=O) groups is 1. The van der Waals surface area contributed by atoms with Crippen LogP contribution in [0.3, 0.4) is 0 Å². The summed E-state index contributed by atoms with van der Waals surface area (Å²) in [5.74, 6) is 1.45. The molecule has 1 fully saturated rings. The maximum Gasteiger partial charge on any atom is 0.315 e. The van der Waals surface area contributed by atoms with Gasteiger partial charge in [0.05, 0.1) is 5.69 Å². The van der Waals surface area contributed by atoms with Crippen molar-refractivity contribution in [2.45, 2.75) is 26.3 Å². The number of benzene rings is 1. The molecule has 0 aliphatic carbocycles. The molecule has 3 rings (SSSR count). The Morgan fingerprint density at radius 3 is 2.52 bits per heavy atom. The Hall–Kier alpha value is -2.63. The number of anilines is 1. The van der Waals surface area contributed by atoms with Crippen molar-refractivity contribution < 1.29 is 4.79 Å². The highest BCUT2D eigenvalue weighted by Crippen LogP contribution is 2.20. The number of piperidine rings is 1. The second-order valence-electron chi connectivity index (χ2n) is 6.51. The molecule has 1 aromatic carbocycles. The maximum absolute atomic E-state index is 11.9. The van der Waals surface area contributed by atoms with Crippen LogP contribution in [0.15, 0.2) is 42.5 Å². The van der Waals surface area contributed by atoms with Gasteiger partial charge >= 0.3 is 6.03 Å². The second-order valence-corrected chi connectivity index (χ2v) is 6.51. The number of aromatic nitrogens is 2. The average Bonchev–Trinajstić information content (AvgIpc) is 2.67. The molecule has 6 nitrogen and oxygen atoms in total. The highest BCUT2D eigenvalue weighted by atomic mass is 16.2. The van der Waals surface area contributed by atoms with Gasteiger partial charge in [0, 0.05) is 26.2 Å². The van der Waals surface area contributed by atoms with Crippen molar-refractivity contribution in [2.75, 3.05) is 24.5 Å². The van der Waals surface area contributed by atoms with E-state index in [4.69, 9.17) is 0 Å². The molecule has 0 unspecified atom stereocenters. The number of nitrogens with one attached hydrogen (secondary N) is 2. The van der Waals surface area contributed by atoms with E-state index >= 15 is 0 Å². The summed E-state index contributed by atoms with van der Waals surface area (Å²) in [7, 11) is 0. The molecule has 25 heavy (non-hydrogen) atoms. The van der Waals surface area contributed by atoms with Gasteiger partial charge in [-0.15, -0.1) is 5.10 Å². The van der Waals surface area contributed by atoms with Crippen molar-refractivity contribution in [3.05, 3.63) is 53.7 Å². The summed E-state index contributed by atoms with van der Waals surface area (Å²) in [5, 5.41) is 14.3. The molecule has 1 saturated heterocycles. The minimum Gasteiger partial charge on any atom is -0.355 e. The lowest BCUT2D eigenvalue weighted by Crippen LogP contribution is -2.42. The van der Waals surface area contributed by atoms with Crippen LogP contribution in [0.25, 0.3) is 0 Å². The van der Waals surface area contributed by atoms with Crippen molar-refractivity contribution in [3.63, 3.8) is 0 Å². The Labute approximate surface area is 148 Å². The summed E-state index contributed by atoms with van der Waals surface area (Å²) in [5.41, 5.74) is 2.04. The summed E-state index contributed by atoms with van der Waals surface area (Å²) in [6.45, 7) is 5.12. The molecule has 2 heterocycles. The molecule has 1 aliphatic heterocycles. The highest BCUT2D eigenvalue weighted by Gasteiger charge is 2.20. The third-order valence-electron chi connectivity index (χ3n) is 4.57. The molecule has 1 aliphatic rings. The molecule has 0 radical (unpaired) electrons. The van der Waals surface area contributed by atoms with Crippen LogP contribution in [-0.4, -0.2) is 35.9 Å². The van der Waals surface area contributed by atoms with Crippen molar-refractivity contribution in [2.24, 2.45) is 5.92 Å². The smallest absolute Gasteiger partial charge is 0.315 e. The summed E-state index contributed by atoms with van der Waals surface area (Å²) in [6.07, 6.45) is 2.10. The molecular weight excluding hydrogens is 314 g/mol. The van der Waals surface area contributed by atoms with Crippen LogP contribution in [0, 0.1) is 12.8 Å². The number of carbonyl (C=O) groups excluding carboxylic acids is 1. The normalized spacial score (nSPS) is 15.0. The van der Waals surface area contributed by atoms with Gasteiger partial charge in [-0.2, -0.15) is 5.10 Å². The first-order chi connectivity index (χ1) is 12.2. The molecule has 0 spiro atoms. The number of aryl methyl sites for hydroxylation is 1. The first kappa shape index (κ1) is 17.2. The Kier molecular flexibility index (Phi) is 5.82. The lowest BCUT2D eigenvalue weighted by molar-refractivity contribution is 0.237. The Bertz CT molecular complexity index is 666. The zero-order valence-electron chi connectivity index (χ0n) is 14.6. The summed E-state index contributed by atoms with van der Waals surface area (Å²) in [4.78, 5) is 14.2. The van der Waals surface area contributed by atoms with Gasteiger partial charge in [-0.3, -0.25) is 0 Å². The first-order valence-electron chi connectivity index (χ1n) is 8.81. The summed E-state index contributed by atoms with van der Waals surface area (Å²) in [6, 6.07) is 13.8. The van der Waals surface area contributed by atoms with Gasteiger partial charge in [-0.05, 0) is 43.4 Å². The minimum atomic E-state index is -0.101. The van der Waals surface area contributed by atoms with Gasteiger partial charge in [-0.1, -0.05) is 30.3 Å². The predicted molar refractivity (Wildman–Crippen MR) is 98.4 cm³/mol. The van der Waals surface area contributed by atoms with Gasteiger partial charge in [0.25, 0.3) is 0 Å². The van der Waals surface area contributed by atoms with Crippen LogP contribution in [0.5, 0.6) is 0 Å². The highest BCUT2D eigenvalue weighted by molar-refractivity contribution is 5.73. The third-order valence-corrected chi connectivity index (χ3v) is 4.57. The molecule has 1 aromatic heterocycles. The van der Waals surface area contributed by atoms with E-state index in [2.05, 4.69) is 25.7 Å². The van der Waals surface area contributed by atoms with E-state index in [1.807, 2.05) is 49.4 Å². The average molecular weight is 339 g/mol. The SMILES string of the molecule is Cc1ccc(N2CCC(CNC(=O)NCc3ccccc3)CC2)nn1. The lowest BCUT2D eigenvalue weighted by Gasteiger charge is -2.32. The van der Waals surface area contributed by atoms with Gasteiger partial charge in [0.15, 0.2) is 5.82 Å². The van der Waals surface area contributed by atoms with Gasteiger partial charge in [-0.25, -0.2) is 4.79 Å². The molecule has 2 N–H and O–H groups in total. The fourth-order valence-electron chi connectivity index (χ4n) is 3.00. The number of hydrogen-bond acceptors (Lipinski definition) is 4. The Morgan fingerprint density at radius 2 is 1.84 bits per heavy atom. The molecule has 2 amide bonds. The predicted octanol–water partition coefficient (Wildman–Crippen LogP) is 2.50. The van der Waals surface area contributed by atoms with Crippen LogP contribution < -0.4 is 15.5 Å². The van der Waals surface area contributed by atoms with Crippen molar-refractivity contribution >= 4 is 11.8 Å². The Balaban J connectivity index is 1.36. The van der Waals surface area contributed by atoms with E-state index < -0.39 is 0 Å². The van der Waals surface area contributed by atoms with E-state index in [0.29, 0.717) is 19.0 Å². The molecule has 0 saturated carbocycles. The third kappa shape index (κ3) is 5.17. The van der Waals surface area contributed by atoms with E-state index in [0.717, 1.165) is 43.0 Å². The monoisotopic (exact) mass is 339 g/mol. The molecule has 132 valence electrons. The number of hydrogen-bond donors (Lipinski definition) is 2. The van der Waals surface area contributed by atoms with Crippen LogP contribution >= 0.6 is 0 Å². The first-order valence-corrected chi connectivity index (χ1v) is 8.81. The lowest BCUT2D eigenvalue weighted by atomic mass is 9.97. The van der Waals surface area contributed by atoms with Crippen LogP contribution in [-0.2, 0) is 6.54 Å². The van der Waals surface area contributed by atoms with Gasteiger partial charge in [0.2, 0.25) is 0 Å². The standard InChI is InChI=1S/C19H25N5O/c1-15-7-8-18(23-22-15)24-11-9-17(10-12-24)14-21-19(25)20-13-16-5-3-2-4-6-16/h2-8,17H,9-14H2,1H3,(H2,20,21,25). The van der Waals surface area contributed by atoms with Crippen molar-refractivity contribution in [1.29, 1.82) is 0 Å². The number of nitrogens with zero attached hydrogens (tertiary/aromatic N) is 3. The van der Waals surface area contributed by atoms with E-state index in [1.54, 1.807) is 0 Å². The zero-order chi connectivity index (χ0) is 17.5. The molecule has 0 atom stereocenters. The maximum atomic E-state index is 11.9. The molecular formula is C19H25N5O.